The summed E-state index contributed by atoms with van der Waals surface area (Å²) in [6, 6.07) is 2.49. The predicted octanol–water partition coefficient (Wildman–Crippen LogP) is 1.67. The van der Waals surface area contributed by atoms with Crippen LogP contribution in [0.15, 0.2) is 12.1 Å². The number of amides is 1. The van der Waals surface area contributed by atoms with Crippen molar-refractivity contribution in [1.82, 2.24) is 4.90 Å². The van der Waals surface area contributed by atoms with E-state index < -0.39 is 4.92 Å². The quantitative estimate of drug-likeness (QED) is 0.501. The fourth-order valence-electron chi connectivity index (χ4n) is 2.46. The Morgan fingerprint density at radius 3 is 2.90 bits per heavy atom. The van der Waals surface area contributed by atoms with Gasteiger partial charge in [0, 0.05) is 31.3 Å². The summed E-state index contributed by atoms with van der Waals surface area (Å²) in [5.41, 5.74) is 5.16. The van der Waals surface area contributed by atoms with Crippen molar-refractivity contribution in [2.75, 3.05) is 25.4 Å². The largest absolute Gasteiger partial charge is 0.396 e. The number of carbonyl (C=O) groups is 1. The number of hydrogen-bond acceptors (Lipinski definition) is 5. The average molecular weight is 314 g/mol. The van der Waals surface area contributed by atoms with Gasteiger partial charge in [-0.25, -0.2) is 0 Å². The molecule has 2 rings (SSSR count). The number of likely N-dealkylation sites (tertiary alicyclic amines) is 1. The van der Waals surface area contributed by atoms with Crippen LogP contribution in [0.3, 0.4) is 0 Å². The zero-order valence-electron chi connectivity index (χ0n) is 11.3. The number of halogens is 1. The highest BCUT2D eigenvalue weighted by atomic mass is 35.5. The van der Waals surface area contributed by atoms with Gasteiger partial charge in [0.15, 0.2) is 0 Å². The fraction of sp³-hybridized carbons (Fsp3) is 0.462. The summed E-state index contributed by atoms with van der Waals surface area (Å²) in [5, 5.41) is 20.1. The normalized spacial score (nSPS) is 18.6. The second-order valence-corrected chi connectivity index (χ2v) is 5.50. The zero-order valence-corrected chi connectivity index (χ0v) is 12.0. The second kappa shape index (κ2) is 6.28. The standard InChI is InChI=1S/C13H16ClN3O4/c14-10-4-9(5-11(12(10)15)17(20)21)13(19)16-3-1-2-8(6-16)7-18/h4-5,8,18H,1-3,6-7,15H2. The molecule has 8 heteroatoms. The first kappa shape index (κ1) is 15.5. The van der Waals surface area contributed by atoms with Crippen molar-refractivity contribution in [3.8, 4) is 0 Å². The number of nitrogens with two attached hydrogens (primary N) is 1. The Hall–Kier alpha value is -1.86. The number of hydrogen-bond donors (Lipinski definition) is 2. The number of nitrogens with zero attached hydrogens (tertiary/aromatic N) is 2. The van der Waals surface area contributed by atoms with Gasteiger partial charge in [-0.2, -0.15) is 0 Å². The first-order chi connectivity index (χ1) is 9.93. The number of piperidine rings is 1. The van der Waals surface area contributed by atoms with Gasteiger partial charge in [0.1, 0.15) is 5.69 Å². The van der Waals surface area contributed by atoms with Gasteiger partial charge >= 0.3 is 0 Å². The van der Waals surface area contributed by atoms with Crippen LogP contribution in [-0.2, 0) is 0 Å². The van der Waals surface area contributed by atoms with E-state index in [0.717, 1.165) is 18.9 Å². The van der Waals surface area contributed by atoms with Crippen molar-refractivity contribution in [2.24, 2.45) is 5.92 Å². The van der Waals surface area contributed by atoms with Gasteiger partial charge in [0.2, 0.25) is 0 Å². The molecule has 1 aliphatic heterocycles. The minimum Gasteiger partial charge on any atom is -0.396 e. The molecule has 0 radical (unpaired) electrons. The van der Waals surface area contributed by atoms with Gasteiger partial charge in [-0.3, -0.25) is 14.9 Å². The first-order valence-electron chi connectivity index (χ1n) is 6.57. The number of rotatable bonds is 3. The molecule has 1 heterocycles. The van der Waals surface area contributed by atoms with Gasteiger partial charge < -0.3 is 15.7 Å². The van der Waals surface area contributed by atoms with Gasteiger partial charge in [-0.1, -0.05) is 11.6 Å². The molecule has 0 aromatic heterocycles. The molecule has 1 atom stereocenters. The van der Waals surface area contributed by atoms with E-state index in [4.69, 9.17) is 17.3 Å². The van der Waals surface area contributed by atoms with Crippen molar-refractivity contribution < 1.29 is 14.8 Å². The Morgan fingerprint density at radius 2 is 2.29 bits per heavy atom. The molecule has 1 aliphatic rings. The Labute approximate surface area is 126 Å². The van der Waals surface area contributed by atoms with Crippen LogP contribution in [0.4, 0.5) is 11.4 Å². The van der Waals surface area contributed by atoms with Crippen LogP contribution < -0.4 is 5.73 Å². The SMILES string of the molecule is Nc1c(Cl)cc(C(=O)N2CCCC(CO)C2)cc1[N+](=O)[O-]. The van der Waals surface area contributed by atoms with Crippen LogP contribution in [0, 0.1) is 16.0 Å². The highest BCUT2D eigenvalue weighted by molar-refractivity contribution is 6.34. The van der Waals surface area contributed by atoms with E-state index in [2.05, 4.69) is 0 Å². The maximum Gasteiger partial charge on any atom is 0.294 e. The predicted molar refractivity (Wildman–Crippen MR) is 78.2 cm³/mol. The second-order valence-electron chi connectivity index (χ2n) is 5.09. The number of nitrogen functional groups attached to an aromatic ring is 1. The fourth-order valence-corrected chi connectivity index (χ4v) is 2.67. The molecule has 0 spiro atoms. The van der Waals surface area contributed by atoms with Gasteiger partial charge in [-0.05, 0) is 24.8 Å². The lowest BCUT2D eigenvalue weighted by Crippen LogP contribution is -2.41. The molecule has 0 aliphatic carbocycles. The Balaban J connectivity index is 2.29. The Kier molecular flexibility index (Phi) is 4.64. The molecule has 21 heavy (non-hydrogen) atoms. The molecule has 1 unspecified atom stereocenters. The molecule has 114 valence electrons. The van der Waals surface area contributed by atoms with E-state index in [1.165, 1.54) is 6.07 Å². The minimum absolute atomic E-state index is 0.0109. The Bertz CT molecular complexity index is 579. The summed E-state index contributed by atoms with van der Waals surface area (Å²) >= 11 is 5.86. The van der Waals surface area contributed by atoms with Crippen molar-refractivity contribution in [2.45, 2.75) is 12.8 Å². The number of nitro benzene ring substituents is 1. The lowest BCUT2D eigenvalue weighted by atomic mass is 9.98. The van der Waals surface area contributed by atoms with Crippen LogP contribution in [-0.4, -0.2) is 40.5 Å². The van der Waals surface area contributed by atoms with Gasteiger partial charge in [-0.15, -0.1) is 0 Å². The van der Waals surface area contributed by atoms with Gasteiger partial charge in [0.05, 0.1) is 9.95 Å². The van der Waals surface area contributed by atoms with E-state index in [9.17, 15) is 20.0 Å². The lowest BCUT2D eigenvalue weighted by molar-refractivity contribution is -0.383. The summed E-state index contributed by atoms with van der Waals surface area (Å²) in [6.07, 6.45) is 1.66. The van der Waals surface area contributed by atoms with Gasteiger partial charge in [0.25, 0.3) is 11.6 Å². The first-order valence-corrected chi connectivity index (χ1v) is 6.95. The zero-order chi connectivity index (χ0) is 15.6. The molecule has 3 N–H and O–H groups in total. The van der Waals surface area contributed by atoms with Crippen LogP contribution in [0.2, 0.25) is 5.02 Å². The molecule has 0 bridgehead atoms. The maximum atomic E-state index is 12.4. The summed E-state index contributed by atoms with van der Waals surface area (Å²) in [6.45, 7) is 1.02. The third kappa shape index (κ3) is 3.25. The van der Waals surface area contributed by atoms with Crippen LogP contribution in [0.1, 0.15) is 23.2 Å². The smallest absolute Gasteiger partial charge is 0.294 e. The number of carbonyl (C=O) groups excluding carboxylic acids is 1. The minimum atomic E-state index is -0.662. The molecule has 1 fully saturated rings. The number of aliphatic hydroxyl groups is 1. The molecular formula is C13H16ClN3O4. The monoisotopic (exact) mass is 313 g/mol. The third-order valence-corrected chi connectivity index (χ3v) is 3.93. The van der Waals surface area contributed by atoms with Crippen molar-refractivity contribution >= 4 is 28.9 Å². The molecule has 1 amide bonds. The van der Waals surface area contributed by atoms with Crippen LogP contribution in [0.5, 0.6) is 0 Å². The molecule has 1 aromatic rings. The van der Waals surface area contributed by atoms with E-state index in [1.807, 2.05) is 0 Å². The number of benzene rings is 1. The summed E-state index contributed by atoms with van der Waals surface area (Å²) in [4.78, 5) is 24.3. The molecule has 0 saturated carbocycles. The van der Waals surface area contributed by atoms with Crippen molar-refractivity contribution in [1.29, 1.82) is 0 Å². The van der Waals surface area contributed by atoms with E-state index in [1.54, 1.807) is 4.90 Å². The van der Waals surface area contributed by atoms with Crippen molar-refractivity contribution in [3.05, 3.63) is 32.8 Å². The highest BCUT2D eigenvalue weighted by Gasteiger charge is 2.26. The van der Waals surface area contributed by atoms with E-state index >= 15 is 0 Å². The van der Waals surface area contributed by atoms with E-state index in [-0.39, 0.29) is 40.4 Å². The van der Waals surface area contributed by atoms with Crippen LogP contribution >= 0.6 is 11.6 Å². The third-order valence-electron chi connectivity index (χ3n) is 3.62. The molecule has 7 nitrogen and oxygen atoms in total. The number of aliphatic hydroxyl groups excluding tert-OH is 1. The average Bonchev–Trinajstić information content (AvgIpc) is 2.48. The topological polar surface area (TPSA) is 110 Å². The molecule has 1 aromatic carbocycles. The lowest BCUT2D eigenvalue weighted by Gasteiger charge is -2.31. The summed E-state index contributed by atoms with van der Waals surface area (Å²) < 4.78 is 0. The number of nitro groups is 1. The van der Waals surface area contributed by atoms with Crippen molar-refractivity contribution in [3.63, 3.8) is 0 Å². The molecular weight excluding hydrogens is 298 g/mol. The molecule has 1 saturated heterocycles. The van der Waals surface area contributed by atoms with Crippen LogP contribution in [0.25, 0.3) is 0 Å². The van der Waals surface area contributed by atoms with E-state index in [0.29, 0.717) is 13.1 Å². The maximum absolute atomic E-state index is 12.4. The summed E-state index contributed by atoms with van der Waals surface area (Å²) in [5.74, 6) is -0.292. The summed E-state index contributed by atoms with van der Waals surface area (Å²) in [7, 11) is 0. The number of anilines is 1. The highest BCUT2D eigenvalue weighted by Crippen LogP contribution is 2.31. The Morgan fingerprint density at radius 1 is 1.57 bits per heavy atom.